The van der Waals surface area contributed by atoms with Crippen LogP contribution in [-0.4, -0.2) is 42.1 Å². The fraction of sp³-hybridized carbons (Fsp3) is 0.240. The third kappa shape index (κ3) is 6.40. The lowest BCUT2D eigenvalue weighted by Crippen LogP contribution is -2.59. The standard InChI is InChI=1S/C25H13ClF12IN3O2/c1-42(20(44)14-6-3-7-40-18(14)26)13-5-2-4-11(8-13)19(43)41-17-15(22(28,29)30)9-12(10-16(17)39)21(27,24(33,34)35)23(31,32)25(36,37)38/h2-10H,1H3,(H,41,43). The van der Waals surface area contributed by atoms with E-state index in [1.54, 1.807) is 5.32 Å². The summed E-state index contributed by atoms with van der Waals surface area (Å²) >= 11 is 6.71. The lowest BCUT2D eigenvalue weighted by molar-refractivity contribution is -0.389. The van der Waals surface area contributed by atoms with Crippen molar-refractivity contribution in [1.29, 1.82) is 0 Å². The van der Waals surface area contributed by atoms with Crippen molar-refractivity contribution in [3.05, 3.63) is 85.7 Å². The Hall–Kier alpha value is -3.29. The van der Waals surface area contributed by atoms with Crippen LogP contribution in [0, 0.1) is 3.57 Å². The molecule has 0 aliphatic carbocycles. The van der Waals surface area contributed by atoms with E-state index in [-0.39, 0.29) is 22.5 Å². The van der Waals surface area contributed by atoms with Crippen LogP contribution >= 0.6 is 34.2 Å². The van der Waals surface area contributed by atoms with Crippen molar-refractivity contribution in [2.45, 2.75) is 30.1 Å². The van der Waals surface area contributed by atoms with Crippen LogP contribution < -0.4 is 10.2 Å². The molecule has 0 saturated carbocycles. The van der Waals surface area contributed by atoms with Crippen LogP contribution in [0.4, 0.5) is 64.1 Å². The minimum absolute atomic E-state index is 0.00886. The zero-order valence-electron chi connectivity index (χ0n) is 21.2. The molecule has 1 atom stereocenters. The molecule has 3 rings (SSSR count). The lowest BCUT2D eigenvalue weighted by atomic mass is 9.86. The molecule has 0 aliphatic heterocycles. The van der Waals surface area contributed by atoms with Gasteiger partial charge in [0.15, 0.2) is 0 Å². The van der Waals surface area contributed by atoms with Gasteiger partial charge in [0.25, 0.3) is 11.8 Å². The van der Waals surface area contributed by atoms with Gasteiger partial charge in [-0.05, 0) is 65.1 Å². The van der Waals surface area contributed by atoms with Crippen molar-refractivity contribution in [2.24, 2.45) is 0 Å². The second kappa shape index (κ2) is 11.9. The van der Waals surface area contributed by atoms with Crippen molar-refractivity contribution < 1.29 is 62.3 Å². The Labute approximate surface area is 257 Å². The molecule has 0 saturated heterocycles. The van der Waals surface area contributed by atoms with Gasteiger partial charge in [-0.1, -0.05) is 17.7 Å². The topological polar surface area (TPSA) is 62.3 Å². The molecule has 0 bridgehead atoms. The SMILES string of the molecule is CN(C(=O)c1cccnc1Cl)c1cccc(C(=O)Nc2c(I)cc(C(F)(C(F)(F)F)C(F)(F)C(F)(F)F)cc2C(F)(F)F)c1. The third-order valence-corrected chi connectivity index (χ3v) is 7.15. The number of nitrogens with one attached hydrogen (secondary N) is 1. The molecule has 2 aromatic carbocycles. The summed E-state index contributed by atoms with van der Waals surface area (Å²) in [6.07, 6.45) is -18.7. The molecule has 0 aliphatic rings. The fourth-order valence-electron chi connectivity index (χ4n) is 3.76. The number of rotatable bonds is 6. The van der Waals surface area contributed by atoms with Gasteiger partial charge in [-0.25, -0.2) is 9.37 Å². The van der Waals surface area contributed by atoms with Crippen LogP contribution in [0.15, 0.2) is 54.7 Å². The zero-order chi connectivity index (χ0) is 33.6. The van der Waals surface area contributed by atoms with Gasteiger partial charge in [0, 0.05) is 33.6 Å². The highest BCUT2D eigenvalue weighted by Gasteiger charge is 2.82. The van der Waals surface area contributed by atoms with Crippen LogP contribution in [0.25, 0.3) is 0 Å². The number of carbonyl (C=O) groups is 2. The van der Waals surface area contributed by atoms with E-state index in [1.807, 2.05) is 0 Å². The monoisotopic (exact) mass is 777 g/mol. The van der Waals surface area contributed by atoms with Gasteiger partial charge in [0.05, 0.1) is 16.8 Å². The van der Waals surface area contributed by atoms with E-state index >= 15 is 0 Å². The largest absolute Gasteiger partial charge is 0.457 e. The number of pyridine rings is 1. The number of aromatic nitrogens is 1. The summed E-state index contributed by atoms with van der Waals surface area (Å²) in [4.78, 5) is 30.4. The predicted molar refractivity (Wildman–Crippen MR) is 140 cm³/mol. The maximum Gasteiger partial charge on any atom is 0.457 e. The number of hydrogen-bond donors (Lipinski definition) is 1. The quantitative estimate of drug-likeness (QED) is 0.155. The molecule has 44 heavy (non-hydrogen) atoms. The summed E-state index contributed by atoms with van der Waals surface area (Å²) in [7, 11) is 1.24. The summed E-state index contributed by atoms with van der Waals surface area (Å²) in [6, 6.07) is 6.06. The van der Waals surface area contributed by atoms with Gasteiger partial charge < -0.3 is 10.2 Å². The van der Waals surface area contributed by atoms with Crippen LogP contribution in [0.5, 0.6) is 0 Å². The molecule has 3 aromatic rings. The Bertz CT molecular complexity index is 1590. The molecule has 1 unspecified atom stereocenters. The van der Waals surface area contributed by atoms with Crippen molar-refractivity contribution in [2.75, 3.05) is 17.3 Å². The molecule has 1 aromatic heterocycles. The first kappa shape index (κ1) is 35.2. The fourth-order valence-corrected chi connectivity index (χ4v) is 4.72. The molecular weight excluding hydrogens is 765 g/mol. The van der Waals surface area contributed by atoms with Crippen LogP contribution in [-0.2, 0) is 11.8 Å². The van der Waals surface area contributed by atoms with E-state index in [2.05, 4.69) is 4.98 Å². The maximum atomic E-state index is 14.9. The molecule has 19 heteroatoms. The highest BCUT2D eigenvalue weighted by molar-refractivity contribution is 14.1. The van der Waals surface area contributed by atoms with Gasteiger partial charge >= 0.3 is 30.1 Å². The first-order valence-corrected chi connectivity index (χ1v) is 12.8. The Morgan fingerprint density at radius 1 is 0.864 bits per heavy atom. The highest BCUT2D eigenvalue weighted by Crippen LogP contribution is 2.59. The van der Waals surface area contributed by atoms with Crippen molar-refractivity contribution in [3.8, 4) is 0 Å². The summed E-state index contributed by atoms with van der Waals surface area (Å²) in [5, 5.41) is 1.54. The first-order valence-electron chi connectivity index (χ1n) is 11.4. The summed E-state index contributed by atoms with van der Waals surface area (Å²) < 4.78 is 162. The van der Waals surface area contributed by atoms with Crippen LogP contribution in [0.1, 0.15) is 31.8 Å². The molecule has 1 heterocycles. The summed E-state index contributed by atoms with van der Waals surface area (Å²) in [5.74, 6) is -9.33. The van der Waals surface area contributed by atoms with E-state index in [0.717, 1.165) is 39.6 Å². The molecular formula is C25H13ClF12IN3O2. The number of carbonyl (C=O) groups excluding carboxylic acids is 2. The second-order valence-corrected chi connectivity index (χ2v) is 10.3. The van der Waals surface area contributed by atoms with Crippen LogP contribution in [0.2, 0.25) is 5.15 Å². The predicted octanol–water partition coefficient (Wildman–Crippen LogP) is 8.81. The number of hydrogen-bond acceptors (Lipinski definition) is 3. The average Bonchev–Trinajstić information content (AvgIpc) is 2.91. The van der Waals surface area contributed by atoms with Crippen molar-refractivity contribution >= 4 is 57.4 Å². The molecule has 0 fully saturated rings. The Morgan fingerprint density at radius 2 is 1.48 bits per heavy atom. The normalized spacial score (nSPS) is 14.2. The van der Waals surface area contributed by atoms with Crippen LogP contribution in [0.3, 0.4) is 0 Å². The number of nitrogens with zero attached hydrogens (tertiary/aromatic N) is 2. The maximum absolute atomic E-state index is 14.9. The minimum Gasteiger partial charge on any atom is -0.320 e. The van der Waals surface area contributed by atoms with E-state index < -0.39 is 73.9 Å². The molecule has 2 amide bonds. The van der Waals surface area contributed by atoms with Crippen molar-refractivity contribution in [3.63, 3.8) is 0 Å². The third-order valence-electron chi connectivity index (χ3n) is 6.00. The van der Waals surface area contributed by atoms with Crippen molar-refractivity contribution in [1.82, 2.24) is 4.98 Å². The second-order valence-electron chi connectivity index (χ2n) is 8.82. The first-order chi connectivity index (χ1) is 19.9. The molecule has 5 nitrogen and oxygen atoms in total. The molecule has 0 radical (unpaired) electrons. The van der Waals surface area contributed by atoms with Gasteiger partial charge in [-0.3, -0.25) is 9.59 Å². The summed E-state index contributed by atoms with van der Waals surface area (Å²) in [5.41, 5.74) is -13.6. The average molecular weight is 778 g/mol. The molecule has 1 N–H and O–H groups in total. The Balaban J connectivity index is 2.09. The van der Waals surface area contributed by atoms with Gasteiger partial charge in [0.1, 0.15) is 5.15 Å². The Morgan fingerprint density at radius 3 is 2.00 bits per heavy atom. The molecule has 0 spiro atoms. The van der Waals surface area contributed by atoms with E-state index in [4.69, 9.17) is 11.6 Å². The van der Waals surface area contributed by atoms with Gasteiger partial charge in [0.2, 0.25) is 0 Å². The van der Waals surface area contributed by atoms with Gasteiger partial charge in [-0.2, -0.15) is 48.3 Å². The number of halogens is 14. The minimum atomic E-state index is -7.22. The smallest absolute Gasteiger partial charge is 0.320 e. The Kier molecular flexibility index (Phi) is 9.52. The van der Waals surface area contributed by atoms with E-state index in [9.17, 15) is 62.3 Å². The molecule has 238 valence electrons. The van der Waals surface area contributed by atoms with Gasteiger partial charge in [-0.15, -0.1) is 0 Å². The number of amides is 2. The van der Waals surface area contributed by atoms with E-state index in [1.165, 1.54) is 37.5 Å². The number of benzene rings is 2. The number of anilines is 2. The number of alkyl halides is 12. The highest BCUT2D eigenvalue weighted by atomic mass is 127. The zero-order valence-corrected chi connectivity index (χ0v) is 24.1. The van der Waals surface area contributed by atoms with E-state index in [0.29, 0.717) is 0 Å². The lowest BCUT2D eigenvalue weighted by Gasteiger charge is -2.36. The summed E-state index contributed by atoms with van der Waals surface area (Å²) in [6.45, 7) is 0.